The van der Waals surface area contributed by atoms with Crippen molar-refractivity contribution in [1.29, 1.82) is 0 Å². The molecule has 8 heteroatoms. The molecule has 204 valence electrons. The monoisotopic (exact) mass is 551 g/mol. The highest BCUT2D eigenvalue weighted by Crippen LogP contribution is 2.44. The predicted molar refractivity (Wildman–Crippen MR) is 150 cm³/mol. The van der Waals surface area contributed by atoms with Crippen LogP contribution < -0.4 is 14.4 Å². The molecule has 1 N–H and O–H groups in total. The van der Waals surface area contributed by atoms with Gasteiger partial charge in [-0.25, -0.2) is 4.39 Å². The van der Waals surface area contributed by atoms with E-state index in [-0.39, 0.29) is 33.0 Å². The van der Waals surface area contributed by atoms with Gasteiger partial charge in [0.15, 0.2) is 0 Å². The molecule has 0 radical (unpaired) electrons. The fourth-order valence-corrected chi connectivity index (χ4v) is 4.76. The van der Waals surface area contributed by atoms with Gasteiger partial charge in [0, 0.05) is 11.8 Å². The van der Waals surface area contributed by atoms with E-state index in [1.807, 2.05) is 31.2 Å². The largest absolute Gasteiger partial charge is 0.507 e. The van der Waals surface area contributed by atoms with Crippen molar-refractivity contribution in [3.8, 4) is 11.5 Å². The molecule has 1 saturated heterocycles. The molecule has 1 amide bonds. The van der Waals surface area contributed by atoms with Crippen LogP contribution in [0.5, 0.6) is 11.5 Å². The number of rotatable bonds is 7. The van der Waals surface area contributed by atoms with E-state index in [9.17, 15) is 19.1 Å². The van der Waals surface area contributed by atoms with Gasteiger partial charge < -0.3 is 14.6 Å². The number of benzene rings is 3. The second kappa shape index (κ2) is 11.1. The number of Topliss-reactive ketones (excluding diaryl/α,β-unsaturated/α-hetero) is 1. The summed E-state index contributed by atoms with van der Waals surface area (Å²) in [5.74, 6) is -1.95. The van der Waals surface area contributed by atoms with Crippen LogP contribution in [0.4, 0.5) is 10.1 Å². The molecule has 3 aromatic carbocycles. The summed E-state index contributed by atoms with van der Waals surface area (Å²) in [6.07, 6.45) is 0. The van der Waals surface area contributed by atoms with Crippen molar-refractivity contribution in [2.75, 3.05) is 18.1 Å². The summed E-state index contributed by atoms with van der Waals surface area (Å²) < 4.78 is 25.3. The number of ether oxygens (including phenoxy) is 2. The topological polar surface area (TPSA) is 76.1 Å². The first-order chi connectivity index (χ1) is 18.5. The molecule has 39 heavy (non-hydrogen) atoms. The fourth-order valence-electron chi connectivity index (χ4n) is 4.59. The van der Waals surface area contributed by atoms with Crippen LogP contribution in [0, 0.1) is 5.82 Å². The van der Waals surface area contributed by atoms with Crippen molar-refractivity contribution in [3.63, 3.8) is 0 Å². The number of ketones is 1. The van der Waals surface area contributed by atoms with Gasteiger partial charge in [-0.05, 0) is 60.7 Å². The molecule has 0 saturated carbocycles. The molecule has 0 spiro atoms. The minimum Gasteiger partial charge on any atom is -0.507 e. The van der Waals surface area contributed by atoms with Gasteiger partial charge in [0.2, 0.25) is 0 Å². The minimum atomic E-state index is -0.999. The summed E-state index contributed by atoms with van der Waals surface area (Å²) in [5.41, 5.74) is 1.87. The first-order valence-corrected chi connectivity index (χ1v) is 13.1. The van der Waals surface area contributed by atoms with Crippen molar-refractivity contribution >= 4 is 34.7 Å². The van der Waals surface area contributed by atoms with Crippen molar-refractivity contribution in [2.24, 2.45) is 0 Å². The predicted octanol–water partition coefficient (Wildman–Crippen LogP) is 7.20. The number of aliphatic hydroxyl groups is 1. The molecular weight excluding hydrogens is 521 g/mol. The van der Waals surface area contributed by atoms with Gasteiger partial charge >= 0.3 is 0 Å². The maximum atomic E-state index is 14.0. The summed E-state index contributed by atoms with van der Waals surface area (Å²) in [5, 5.41) is 11.4. The van der Waals surface area contributed by atoms with Gasteiger partial charge in [-0.15, -0.1) is 0 Å². The maximum absolute atomic E-state index is 14.0. The summed E-state index contributed by atoms with van der Waals surface area (Å²) in [6.45, 7) is 10.6. The van der Waals surface area contributed by atoms with Crippen LogP contribution in [-0.2, 0) is 15.0 Å². The van der Waals surface area contributed by atoms with E-state index in [4.69, 9.17) is 21.1 Å². The molecule has 1 atom stereocenters. The molecule has 0 aliphatic carbocycles. The number of carbonyl (C=O) groups is 2. The molecular formula is C31H31ClFNO5. The first kappa shape index (κ1) is 28.2. The minimum absolute atomic E-state index is 0.117. The average Bonchev–Trinajstić information content (AvgIpc) is 3.16. The second-order valence-electron chi connectivity index (χ2n) is 10.2. The van der Waals surface area contributed by atoms with Gasteiger partial charge in [0.05, 0.1) is 35.4 Å². The molecule has 4 rings (SSSR count). The molecule has 0 aromatic heterocycles. The molecule has 0 bridgehead atoms. The standard InChI is InChI=1S/C31H31ClFNO5/c1-6-38-21-13-14-22(25(17-21)39-7-2)28(35)26-27(18-8-10-19(11-9-18)31(3,4)5)34(30(37)29(26)36)20-12-15-24(33)23(32)16-20/h8-17,27,35H,6-7H2,1-5H3/b28-26-. The highest BCUT2D eigenvalue weighted by Gasteiger charge is 2.47. The number of nitrogens with zero attached hydrogens (tertiary/aromatic N) is 1. The number of hydrogen-bond donors (Lipinski definition) is 1. The normalized spacial score (nSPS) is 17.0. The van der Waals surface area contributed by atoms with E-state index in [1.165, 1.54) is 17.0 Å². The molecule has 1 unspecified atom stereocenters. The number of hydrogen-bond acceptors (Lipinski definition) is 5. The lowest BCUT2D eigenvalue weighted by Crippen LogP contribution is -2.29. The maximum Gasteiger partial charge on any atom is 0.300 e. The van der Waals surface area contributed by atoms with E-state index in [0.29, 0.717) is 30.3 Å². The number of aliphatic hydroxyl groups excluding tert-OH is 1. The third kappa shape index (κ3) is 5.50. The van der Waals surface area contributed by atoms with E-state index in [0.717, 1.165) is 11.6 Å². The second-order valence-corrected chi connectivity index (χ2v) is 10.6. The van der Waals surface area contributed by atoms with Gasteiger partial charge in [-0.2, -0.15) is 0 Å². The Hall–Kier alpha value is -3.84. The van der Waals surface area contributed by atoms with Crippen molar-refractivity contribution in [2.45, 2.75) is 46.1 Å². The third-order valence-electron chi connectivity index (χ3n) is 6.54. The Morgan fingerprint density at radius 2 is 1.64 bits per heavy atom. The van der Waals surface area contributed by atoms with Gasteiger partial charge in [-0.3, -0.25) is 14.5 Å². The third-order valence-corrected chi connectivity index (χ3v) is 6.83. The van der Waals surface area contributed by atoms with Crippen molar-refractivity contribution in [1.82, 2.24) is 0 Å². The number of anilines is 1. The number of amides is 1. The molecule has 1 heterocycles. The van der Waals surface area contributed by atoms with Crippen LogP contribution in [0.1, 0.15) is 57.4 Å². The summed E-state index contributed by atoms with van der Waals surface area (Å²) in [4.78, 5) is 28.2. The summed E-state index contributed by atoms with van der Waals surface area (Å²) in [7, 11) is 0. The first-order valence-electron chi connectivity index (χ1n) is 12.7. The zero-order valence-corrected chi connectivity index (χ0v) is 23.3. The average molecular weight is 552 g/mol. The molecule has 3 aromatic rings. The van der Waals surface area contributed by atoms with Crippen LogP contribution >= 0.6 is 11.6 Å². The van der Waals surface area contributed by atoms with Gasteiger partial charge in [0.25, 0.3) is 11.7 Å². The highest BCUT2D eigenvalue weighted by atomic mass is 35.5. The molecule has 1 fully saturated rings. The number of halogens is 2. The van der Waals surface area contributed by atoms with Gasteiger partial charge in [-0.1, -0.05) is 56.6 Å². The van der Waals surface area contributed by atoms with E-state index in [2.05, 4.69) is 20.8 Å². The Kier molecular flexibility index (Phi) is 8.02. The van der Waals surface area contributed by atoms with Gasteiger partial charge in [0.1, 0.15) is 23.1 Å². The highest BCUT2D eigenvalue weighted by molar-refractivity contribution is 6.51. The SMILES string of the molecule is CCOc1ccc(/C(O)=C2/C(=O)C(=O)N(c3ccc(F)c(Cl)c3)C2c2ccc(C(C)(C)C)cc2)c(OCC)c1. The molecule has 6 nitrogen and oxygen atoms in total. The molecule has 1 aliphatic rings. The van der Waals surface area contributed by atoms with E-state index in [1.54, 1.807) is 25.1 Å². The lowest BCUT2D eigenvalue weighted by Gasteiger charge is -2.27. The Morgan fingerprint density at radius 3 is 2.23 bits per heavy atom. The van der Waals surface area contributed by atoms with Crippen LogP contribution in [0.2, 0.25) is 5.02 Å². The lowest BCUT2D eigenvalue weighted by molar-refractivity contribution is -0.132. The lowest BCUT2D eigenvalue weighted by atomic mass is 9.85. The van der Waals surface area contributed by atoms with Crippen LogP contribution in [-0.4, -0.2) is 30.0 Å². The Labute approximate surface area is 232 Å². The smallest absolute Gasteiger partial charge is 0.300 e. The Balaban J connectivity index is 1.95. The zero-order valence-electron chi connectivity index (χ0n) is 22.5. The van der Waals surface area contributed by atoms with E-state index < -0.39 is 23.5 Å². The number of carbonyl (C=O) groups excluding carboxylic acids is 2. The van der Waals surface area contributed by atoms with Crippen LogP contribution in [0.15, 0.2) is 66.2 Å². The molecule has 1 aliphatic heterocycles. The quantitative estimate of drug-likeness (QED) is 0.191. The van der Waals surface area contributed by atoms with Crippen molar-refractivity contribution < 1.29 is 28.6 Å². The summed E-state index contributed by atoms with van der Waals surface area (Å²) >= 11 is 6.04. The zero-order chi connectivity index (χ0) is 28.5. The van der Waals surface area contributed by atoms with Crippen LogP contribution in [0.3, 0.4) is 0 Å². The van der Waals surface area contributed by atoms with Crippen molar-refractivity contribution in [3.05, 3.63) is 93.8 Å². The van der Waals surface area contributed by atoms with E-state index >= 15 is 0 Å². The fraction of sp³-hybridized carbons (Fsp3) is 0.290. The Bertz CT molecular complexity index is 1440. The van der Waals surface area contributed by atoms with Crippen LogP contribution in [0.25, 0.3) is 5.76 Å². The Morgan fingerprint density at radius 1 is 0.974 bits per heavy atom. The summed E-state index contributed by atoms with van der Waals surface area (Å²) in [6, 6.07) is 15.2.